The number of fused-ring (bicyclic) bond motifs is 2. The summed E-state index contributed by atoms with van der Waals surface area (Å²) in [6.07, 6.45) is 1.90. The van der Waals surface area contributed by atoms with Crippen molar-refractivity contribution >= 4 is 27.1 Å². The monoisotopic (exact) mass is 280 g/mol. The van der Waals surface area contributed by atoms with Crippen LogP contribution in [0.3, 0.4) is 0 Å². The van der Waals surface area contributed by atoms with Crippen molar-refractivity contribution in [3.63, 3.8) is 0 Å². The summed E-state index contributed by atoms with van der Waals surface area (Å²) in [7, 11) is 0. The van der Waals surface area contributed by atoms with E-state index >= 15 is 0 Å². The van der Waals surface area contributed by atoms with E-state index in [0.717, 1.165) is 16.2 Å². The summed E-state index contributed by atoms with van der Waals surface area (Å²) in [5.74, 6) is 0. The Morgan fingerprint density at radius 1 is 1.10 bits per heavy atom. The highest BCUT2D eigenvalue weighted by Crippen LogP contribution is 2.28. The molecule has 4 aromatic rings. The second-order valence-corrected chi connectivity index (χ2v) is 5.56. The number of imidazole rings is 1. The van der Waals surface area contributed by atoms with Crippen molar-refractivity contribution in [2.45, 2.75) is 6.61 Å². The van der Waals surface area contributed by atoms with Gasteiger partial charge in [0.2, 0.25) is 0 Å². The van der Waals surface area contributed by atoms with Crippen LogP contribution < -0.4 is 0 Å². The third-order valence-electron chi connectivity index (χ3n) is 3.47. The lowest BCUT2D eigenvalue weighted by Crippen LogP contribution is -1.85. The molecule has 0 saturated carbocycles. The first-order chi connectivity index (χ1) is 9.85. The van der Waals surface area contributed by atoms with Gasteiger partial charge in [-0.1, -0.05) is 36.4 Å². The summed E-state index contributed by atoms with van der Waals surface area (Å²) in [5, 5.41) is 13.8. The summed E-state index contributed by atoms with van der Waals surface area (Å²) in [5.41, 5.74) is 2.98. The molecule has 0 aliphatic heterocycles. The first-order valence-corrected chi connectivity index (χ1v) is 7.28. The third kappa shape index (κ3) is 1.73. The van der Waals surface area contributed by atoms with E-state index < -0.39 is 0 Å². The molecule has 3 nitrogen and oxygen atoms in total. The second-order valence-electron chi connectivity index (χ2n) is 4.73. The number of aliphatic hydroxyl groups is 1. The zero-order valence-corrected chi connectivity index (χ0v) is 11.5. The molecule has 0 atom stereocenters. The molecule has 0 amide bonds. The average Bonchev–Trinajstić information content (AvgIpc) is 3.06. The number of thiazole rings is 1. The number of nitrogens with zero attached hydrogens (tertiary/aromatic N) is 2. The van der Waals surface area contributed by atoms with E-state index in [1.165, 1.54) is 10.8 Å². The van der Waals surface area contributed by atoms with Gasteiger partial charge in [0, 0.05) is 17.1 Å². The Morgan fingerprint density at radius 2 is 1.95 bits per heavy atom. The molecule has 4 heteroatoms. The molecule has 0 aliphatic rings. The van der Waals surface area contributed by atoms with Crippen LogP contribution in [-0.2, 0) is 6.61 Å². The van der Waals surface area contributed by atoms with E-state index in [1.807, 2.05) is 16.7 Å². The fourth-order valence-electron chi connectivity index (χ4n) is 2.46. The zero-order valence-electron chi connectivity index (χ0n) is 10.7. The second kappa shape index (κ2) is 4.44. The van der Waals surface area contributed by atoms with Gasteiger partial charge in [-0.2, -0.15) is 0 Å². The first kappa shape index (κ1) is 11.6. The molecule has 20 heavy (non-hydrogen) atoms. The minimum absolute atomic E-state index is 0.0223. The quantitative estimate of drug-likeness (QED) is 0.608. The molecule has 0 aliphatic carbocycles. The Morgan fingerprint density at radius 3 is 2.80 bits per heavy atom. The van der Waals surface area contributed by atoms with E-state index in [-0.39, 0.29) is 6.61 Å². The third-order valence-corrected chi connectivity index (χ3v) is 4.31. The number of hydrogen-bond acceptors (Lipinski definition) is 3. The van der Waals surface area contributed by atoms with Gasteiger partial charge in [-0.05, 0) is 16.8 Å². The number of rotatable bonds is 2. The molecule has 98 valence electrons. The highest BCUT2D eigenvalue weighted by molar-refractivity contribution is 7.15. The van der Waals surface area contributed by atoms with Gasteiger partial charge in [0.05, 0.1) is 18.0 Å². The highest BCUT2D eigenvalue weighted by atomic mass is 32.1. The molecule has 2 aromatic heterocycles. The van der Waals surface area contributed by atoms with E-state index in [2.05, 4.69) is 46.8 Å². The molecule has 1 N–H and O–H groups in total. The SMILES string of the molecule is OCc1cn2c(-c3ccc4ccccc4c3)csc2n1. The van der Waals surface area contributed by atoms with Crippen LogP contribution in [0, 0.1) is 0 Å². The van der Waals surface area contributed by atoms with Gasteiger partial charge in [0.1, 0.15) is 0 Å². The minimum atomic E-state index is -0.0223. The number of benzene rings is 2. The standard InChI is InChI=1S/C16H12N2OS/c19-9-14-8-18-15(10-20-16(18)17-14)13-6-5-11-3-1-2-4-12(11)7-13/h1-8,10,19H,9H2. The molecule has 0 spiro atoms. The van der Waals surface area contributed by atoms with Crippen molar-refractivity contribution in [2.24, 2.45) is 0 Å². The fourth-order valence-corrected chi connectivity index (χ4v) is 3.36. The van der Waals surface area contributed by atoms with Crippen LogP contribution in [-0.4, -0.2) is 14.5 Å². The topological polar surface area (TPSA) is 37.5 Å². The molecule has 0 fully saturated rings. The molecule has 4 rings (SSSR count). The van der Waals surface area contributed by atoms with Gasteiger partial charge in [-0.15, -0.1) is 11.3 Å². The Kier molecular flexibility index (Phi) is 2.58. The number of aromatic nitrogens is 2. The summed E-state index contributed by atoms with van der Waals surface area (Å²) >= 11 is 1.59. The Labute approximate surface area is 119 Å². The van der Waals surface area contributed by atoms with Crippen molar-refractivity contribution in [3.05, 3.63) is 59.7 Å². The van der Waals surface area contributed by atoms with E-state index in [0.29, 0.717) is 5.69 Å². The molecule has 0 saturated heterocycles. The van der Waals surface area contributed by atoms with Crippen molar-refractivity contribution < 1.29 is 5.11 Å². The maximum atomic E-state index is 9.19. The van der Waals surface area contributed by atoms with Gasteiger partial charge < -0.3 is 5.11 Å². The van der Waals surface area contributed by atoms with Gasteiger partial charge in [-0.3, -0.25) is 4.40 Å². The molecular formula is C16H12N2OS. The van der Waals surface area contributed by atoms with Gasteiger partial charge in [-0.25, -0.2) is 4.98 Å². The smallest absolute Gasteiger partial charge is 0.194 e. The van der Waals surface area contributed by atoms with Crippen LogP contribution in [0.5, 0.6) is 0 Å². The summed E-state index contributed by atoms with van der Waals surface area (Å²) in [6.45, 7) is -0.0223. The highest BCUT2D eigenvalue weighted by Gasteiger charge is 2.09. The minimum Gasteiger partial charge on any atom is -0.390 e. The van der Waals surface area contributed by atoms with Crippen molar-refractivity contribution in [1.82, 2.24) is 9.38 Å². The van der Waals surface area contributed by atoms with E-state index in [4.69, 9.17) is 0 Å². The lowest BCUT2D eigenvalue weighted by atomic mass is 10.1. The normalized spacial score (nSPS) is 11.4. The van der Waals surface area contributed by atoms with Gasteiger partial charge >= 0.3 is 0 Å². The van der Waals surface area contributed by atoms with Crippen LogP contribution in [0.15, 0.2) is 54.0 Å². The lowest BCUT2D eigenvalue weighted by molar-refractivity contribution is 0.277. The van der Waals surface area contributed by atoms with E-state index in [1.54, 1.807) is 11.3 Å². The van der Waals surface area contributed by atoms with Crippen LogP contribution in [0.4, 0.5) is 0 Å². The summed E-state index contributed by atoms with van der Waals surface area (Å²) < 4.78 is 2.04. The van der Waals surface area contributed by atoms with Crippen LogP contribution in [0.2, 0.25) is 0 Å². The Balaban J connectivity index is 1.93. The van der Waals surface area contributed by atoms with Crippen LogP contribution in [0.1, 0.15) is 5.69 Å². The van der Waals surface area contributed by atoms with Crippen LogP contribution in [0.25, 0.3) is 27.0 Å². The van der Waals surface area contributed by atoms with Gasteiger partial charge in [0.15, 0.2) is 4.96 Å². The largest absolute Gasteiger partial charge is 0.390 e. The molecule has 2 aromatic carbocycles. The van der Waals surface area contributed by atoms with Crippen molar-refractivity contribution in [1.29, 1.82) is 0 Å². The van der Waals surface area contributed by atoms with E-state index in [9.17, 15) is 5.11 Å². The zero-order chi connectivity index (χ0) is 13.5. The Bertz CT molecular complexity index is 907. The lowest BCUT2D eigenvalue weighted by Gasteiger charge is -2.03. The molecule has 0 radical (unpaired) electrons. The van der Waals surface area contributed by atoms with Crippen LogP contribution >= 0.6 is 11.3 Å². The number of aliphatic hydroxyl groups excluding tert-OH is 1. The summed E-state index contributed by atoms with van der Waals surface area (Å²) in [6, 6.07) is 14.8. The number of hydrogen-bond donors (Lipinski definition) is 1. The maximum Gasteiger partial charge on any atom is 0.194 e. The fraction of sp³-hybridized carbons (Fsp3) is 0.0625. The summed E-state index contributed by atoms with van der Waals surface area (Å²) in [4.78, 5) is 5.29. The molecular weight excluding hydrogens is 268 g/mol. The predicted octanol–water partition coefficient (Wildman–Crippen LogP) is 3.71. The van der Waals surface area contributed by atoms with Gasteiger partial charge in [0.25, 0.3) is 0 Å². The van der Waals surface area contributed by atoms with Crippen molar-refractivity contribution in [2.75, 3.05) is 0 Å². The maximum absolute atomic E-state index is 9.19. The average molecular weight is 280 g/mol. The first-order valence-electron chi connectivity index (χ1n) is 6.40. The Hall–Kier alpha value is -2.17. The van der Waals surface area contributed by atoms with Crippen molar-refractivity contribution in [3.8, 4) is 11.3 Å². The molecule has 0 bridgehead atoms. The molecule has 2 heterocycles. The predicted molar refractivity (Wildman–Crippen MR) is 81.9 cm³/mol. The molecule has 0 unspecified atom stereocenters.